The van der Waals surface area contributed by atoms with Crippen LogP contribution in [0, 0.1) is 11.6 Å². The molecule has 0 bridgehead atoms. The van der Waals surface area contributed by atoms with Gasteiger partial charge in [-0.05, 0) is 31.2 Å². The van der Waals surface area contributed by atoms with Crippen LogP contribution < -0.4 is 14.8 Å². The van der Waals surface area contributed by atoms with E-state index in [0.29, 0.717) is 17.6 Å². The molecule has 1 atom stereocenters. The molecular weight excluding hydrogens is 304 g/mol. The van der Waals surface area contributed by atoms with E-state index in [2.05, 4.69) is 5.32 Å². The summed E-state index contributed by atoms with van der Waals surface area (Å²) < 4.78 is 36.8. The van der Waals surface area contributed by atoms with Gasteiger partial charge in [0.1, 0.15) is 23.1 Å². The van der Waals surface area contributed by atoms with E-state index in [4.69, 9.17) is 9.47 Å². The van der Waals surface area contributed by atoms with Gasteiger partial charge in [-0.15, -0.1) is 0 Å². The minimum absolute atomic E-state index is 0.0816. The molecule has 0 fully saturated rings. The molecule has 1 amide bonds. The van der Waals surface area contributed by atoms with Gasteiger partial charge in [-0.25, -0.2) is 8.78 Å². The van der Waals surface area contributed by atoms with Crippen molar-refractivity contribution < 1.29 is 23.0 Å². The van der Waals surface area contributed by atoms with E-state index in [9.17, 15) is 13.6 Å². The number of carbonyl (C=O) groups excluding carboxylic acids is 1. The molecule has 23 heavy (non-hydrogen) atoms. The van der Waals surface area contributed by atoms with E-state index in [1.807, 2.05) is 0 Å². The van der Waals surface area contributed by atoms with Gasteiger partial charge in [0.05, 0.1) is 20.3 Å². The summed E-state index contributed by atoms with van der Waals surface area (Å²) >= 11 is 0. The van der Waals surface area contributed by atoms with Gasteiger partial charge in [0.2, 0.25) is 0 Å². The molecule has 2 aromatic carbocycles. The quantitative estimate of drug-likeness (QED) is 0.917. The maximum absolute atomic E-state index is 13.2. The zero-order chi connectivity index (χ0) is 17.0. The number of hydrogen-bond acceptors (Lipinski definition) is 3. The largest absolute Gasteiger partial charge is 0.497 e. The van der Waals surface area contributed by atoms with Crippen molar-refractivity contribution in [3.8, 4) is 11.5 Å². The summed E-state index contributed by atoms with van der Waals surface area (Å²) in [6.45, 7) is 1.75. The van der Waals surface area contributed by atoms with Crippen molar-refractivity contribution in [2.24, 2.45) is 0 Å². The van der Waals surface area contributed by atoms with Gasteiger partial charge in [0, 0.05) is 23.3 Å². The molecule has 2 rings (SSSR count). The predicted molar refractivity (Wildman–Crippen MR) is 81.8 cm³/mol. The average Bonchev–Trinajstić information content (AvgIpc) is 2.53. The summed E-state index contributed by atoms with van der Waals surface area (Å²) in [5.41, 5.74) is 0.639. The number of benzene rings is 2. The molecule has 0 aromatic heterocycles. The third kappa shape index (κ3) is 3.97. The Kier molecular flexibility index (Phi) is 5.16. The van der Waals surface area contributed by atoms with Crippen LogP contribution in [0.2, 0.25) is 0 Å². The molecule has 0 aliphatic carbocycles. The summed E-state index contributed by atoms with van der Waals surface area (Å²) in [7, 11) is 3.05. The predicted octanol–water partition coefficient (Wildman–Crippen LogP) is 3.47. The van der Waals surface area contributed by atoms with Gasteiger partial charge in [-0.1, -0.05) is 0 Å². The van der Waals surface area contributed by atoms with E-state index in [-0.39, 0.29) is 5.56 Å². The third-order valence-electron chi connectivity index (χ3n) is 3.38. The van der Waals surface area contributed by atoms with Crippen molar-refractivity contribution in [1.82, 2.24) is 5.32 Å². The summed E-state index contributed by atoms with van der Waals surface area (Å²) in [4.78, 5) is 12.1. The van der Waals surface area contributed by atoms with Crippen molar-refractivity contribution in [2.45, 2.75) is 13.0 Å². The Morgan fingerprint density at radius 2 is 1.70 bits per heavy atom. The molecule has 1 N–H and O–H groups in total. The van der Waals surface area contributed by atoms with E-state index in [1.165, 1.54) is 14.2 Å². The van der Waals surface area contributed by atoms with Crippen LogP contribution in [-0.2, 0) is 0 Å². The lowest BCUT2D eigenvalue weighted by Crippen LogP contribution is -2.27. The standard InChI is InChI=1S/C17H17F2NO3/c1-10(15-5-4-14(22-2)9-16(15)23-3)20-17(21)11-6-12(18)8-13(19)7-11/h4-10H,1-3H3,(H,20,21). The Balaban J connectivity index is 2.21. The smallest absolute Gasteiger partial charge is 0.251 e. The Bertz CT molecular complexity index is 699. The van der Waals surface area contributed by atoms with Crippen LogP contribution in [0.5, 0.6) is 11.5 Å². The Hall–Kier alpha value is -2.63. The average molecular weight is 321 g/mol. The van der Waals surface area contributed by atoms with Crippen LogP contribution in [0.1, 0.15) is 28.9 Å². The SMILES string of the molecule is COc1ccc(C(C)NC(=O)c2cc(F)cc(F)c2)c(OC)c1. The molecule has 0 aliphatic heterocycles. The van der Waals surface area contributed by atoms with E-state index in [0.717, 1.165) is 17.7 Å². The van der Waals surface area contributed by atoms with Gasteiger partial charge < -0.3 is 14.8 Å². The highest BCUT2D eigenvalue weighted by molar-refractivity contribution is 5.94. The second-order valence-electron chi connectivity index (χ2n) is 4.96. The molecule has 4 nitrogen and oxygen atoms in total. The first-order valence-electron chi connectivity index (χ1n) is 6.93. The molecule has 0 saturated carbocycles. The van der Waals surface area contributed by atoms with Crippen molar-refractivity contribution in [3.05, 3.63) is 59.2 Å². The summed E-state index contributed by atoms with van der Waals surface area (Å²) in [5.74, 6) is -1.01. The van der Waals surface area contributed by atoms with Crippen LogP contribution in [0.3, 0.4) is 0 Å². The monoisotopic (exact) mass is 321 g/mol. The number of halogens is 2. The Morgan fingerprint density at radius 1 is 1.04 bits per heavy atom. The number of nitrogens with one attached hydrogen (secondary N) is 1. The lowest BCUT2D eigenvalue weighted by Gasteiger charge is -2.18. The van der Waals surface area contributed by atoms with Crippen LogP contribution in [0.15, 0.2) is 36.4 Å². The van der Waals surface area contributed by atoms with Crippen LogP contribution in [-0.4, -0.2) is 20.1 Å². The number of ether oxygens (including phenoxy) is 2. The molecule has 122 valence electrons. The van der Waals surface area contributed by atoms with Gasteiger partial charge in [-0.2, -0.15) is 0 Å². The summed E-state index contributed by atoms with van der Waals surface area (Å²) in [5, 5.41) is 2.69. The van der Waals surface area contributed by atoms with E-state index < -0.39 is 23.6 Å². The maximum Gasteiger partial charge on any atom is 0.251 e. The number of rotatable bonds is 5. The van der Waals surface area contributed by atoms with E-state index in [1.54, 1.807) is 25.1 Å². The Morgan fingerprint density at radius 3 is 2.26 bits per heavy atom. The van der Waals surface area contributed by atoms with Crippen molar-refractivity contribution in [1.29, 1.82) is 0 Å². The zero-order valence-corrected chi connectivity index (χ0v) is 13.0. The molecule has 2 aromatic rings. The first-order chi connectivity index (χ1) is 10.9. The highest BCUT2D eigenvalue weighted by Gasteiger charge is 2.17. The molecular formula is C17H17F2NO3. The normalized spacial score (nSPS) is 11.7. The molecule has 0 heterocycles. The highest BCUT2D eigenvalue weighted by atomic mass is 19.1. The minimum Gasteiger partial charge on any atom is -0.497 e. The van der Waals surface area contributed by atoms with Crippen molar-refractivity contribution in [2.75, 3.05) is 14.2 Å². The summed E-state index contributed by atoms with van der Waals surface area (Å²) in [6, 6.07) is 7.45. The van der Waals surface area contributed by atoms with Crippen LogP contribution in [0.25, 0.3) is 0 Å². The first kappa shape index (κ1) is 16.7. The van der Waals surface area contributed by atoms with Crippen molar-refractivity contribution in [3.63, 3.8) is 0 Å². The van der Waals surface area contributed by atoms with Gasteiger partial charge in [0.15, 0.2) is 0 Å². The van der Waals surface area contributed by atoms with Gasteiger partial charge >= 0.3 is 0 Å². The third-order valence-corrected chi connectivity index (χ3v) is 3.38. The van der Waals surface area contributed by atoms with E-state index >= 15 is 0 Å². The second-order valence-corrected chi connectivity index (χ2v) is 4.96. The second kappa shape index (κ2) is 7.09. The Labute approximate surface area is 133 Å². The molecule has 0 spiro atoms. The molecule has 0 radical (unpaired) electrons. The van der Waals surface area contributed by atoms with Crippen LogP contribution >= 0.6 is 0 Å². The first-order valence-corrected chi connectivity index (χ1v) is 6.93. The number of carbonyl (C=O) groups is 1. The fourth-order valence-electron chi connectivity index (χ4n) is 2.22. The minimum atomic E-state index is -0.801. The zero-order valence-electron chi connectivity index (χ0n) is 13.0. The summed E-state index contributed by atoms with van der Waals surface area (Å²) in [6.07, 6.45) is 0. The fraction of sp³-hybridized carbons (Fsp3) is 0.235. The van der Waals surface area contributed by atoms with Crippen molar-refractivity contribution >= 4 is 5.91 Å². The molecule has 6 heteroatoms. The van der Waals surface area contributed by atoms with Gasteiger partial charge in [-0.3, -0.25) is 4.79 Å². The number of amides is 1. The lowest BCUT2D eigenvalue weighted by molar-refractivity contribution is 0.0938. The number of hydrogen-bond donors (Lipinski definition) is 1. The highest BCUT2D eigenvalue weighted by Crippen LogP contribution is 2.29. The topological polar surface area (TPSA) is 47.6 Å². The number of methoxy groups -OCH3 is 2. The fourth-order valence-corrected chi connectivity index (χ4v) is 2.22. The molecule has 0 saturated heterocycles. The molecule has 0 aliphatic rings. The van der Waals surface area contributed by atoms with Gasteiger partial charge in [0.25, 0.3) is 5.91 Å². The van der Waals surface area contributed by atoms with Crippen LogP contribution in [0.4, 0.5) is 8.78 Å². The lowest BCUT2D eigenvalue weighted by atomic mass is 10.1. The molecule has 1 unspecified atom stereocenters. The maximum atomic E-state index is 13.2.